The van der Waals surface area contributed by atoms with E-state index in [1.54, 1.807) is 30.3 Å². The molecular weight excluding hydrogens is 275 g/mol. The molecule has 0 saturated carbocycles. The minimum atomic E-state index is -0.750. The molecule has 108 valence electrons. The highest BCUT2D eigenvalue weighted by Gasteiger charge is 2.16. The summed E-state index contributed by atoms with van der Waals surface area (Å²) in [6.07, 6.45) is 0. The molecule has 0 aliphatic rings. The summed E-state index contributed by atoms with van der Waals surface area (Å²) >= 11 is 0. The third kappa shape index (κ3) is 2.91. The van der Waals surface area contributed by atoms with Gasteiger partial charge in [-0.15, -0.1) is 0 Å². The Hall–Kier alpha value is -2.69. The van der Waals surface area contributed by atoms with Crippen molar-refractivity contribution in [1.29, 1.82) is 0 Å². The predicted molar refractivity (Wildman–Crippen MR) is 74.5 cm³/mol. The van der Waals surface area contributed by atoms with Gasteiger partial charge in [0.05, 0.1) is 25.3 Å². The van der Waals surface area contributed by atoms with Crippen LogP contribution in [-0.4, -0.2) is 26.2 Å². The summed E-state index contributed by atoms with van der Waals surface area (Å²) in [5.41, 5.74) is 1.17. The van der Waals surface area contributed by atoms with Crippen LogP contribution in [-0.2, 0) is 9.47 Å². The SMILES string of the molecule is COC(=O)c1ccc(-c2ccccc2C(=O)OC)cc1F. The number of carbonyl (C=O) groups excluding carboxylic acids is 2. The second-order valence-corrected chi connectivity index (χ2v) is 4.22. The summed E-state index contributed by atoms with van der Waals surface area (Å²) in [7, 11) is 2.46. The normalized spacial score (nSPS) is 10.0. The molecule has 21 heavy (non-hydrogen) atoms. The number of carbonyl (C=O) groups is 2. The largest absolute Gasteiger partial charge is 0.465 e. The Labute approximate surface area is 121 Å². The van der Waals surface area contributed by atoms with Crippen molar-refractivity contribution < 1.29 is 23.5 Å². The second-order valence-electron chi connectivity index (χ2n) is 4.22. The first-order valence-corrected chi connectivity index (χ1v) is 6.14. The summed E-state index contributed by atoms with van der Waals surface area (Å²) < 4.78 is 23.2. The zero-order valence-electron chi connectivity index (χ0n) is 11.6. The van der Waals surface area contributed by atoms with Crippen LogP contribution in [0, 0.1) is 5.82 Å². The van der Waals surface area contributed by atoms with E-state index in [1.807, 2.05) is 0 Å². The van der Waals surface area contributed by atoms with Crippen molar-refractivity contribution in [2.45, 2.75) is 0 Å². The van der Waals surface area contributed by atoms with Crippen LogP contribution in [0.4, 0.5) is 4.39 Å². The Kier molecular flexibility index (Phi) is 4.33. The van der Waals surface area contributed by atoms with Crippen LogP contribution in [0.25, 0.3) is 11.1 Å². The summed E-state index contributed by atoms with van der Waals surface area (Å²) in [6.45, 7) is 0. The van der Waals surface area contributed by atoms with Gasteiger partial charge in [-0.1, -0.05) is 24.3 Å². The van der Waals surface area contributed by atoms with Gasteiger partial charge in [-0.05, 0) is 29.3 Å². The van der Waals surface area contributed by atoms with Gasteiger partial charge < -0.3 is 9.47 Å². The van der Waals surface area contributed by atoms with Crippen LogP contribution in [0.1, 0.15) is 20.7 Å². The van der Waals surface area contributed by atoms with Crippen LogP contribution in [0.2, 0.25) is 0 Å². The molecule has 0 N–H and O–H groups in total. The molecule has 5 heteroatoms. The van der Waals surface area contributed by atoms with Gasteiger partial charge in [0.1, 0.15) is 5.82 Å². The summed E-state index contributed by atoms with van der Waals surface area (Å²) in [6, 6.07) is 10.8. The molecule has 0 aliphatic heterocycles. The molecular formula is C16H13FO4. The molecule has 2 aromatic carbocycles. The zero-order valence-corrected chi connectivity index (χ0v) is 11.6. The van der Waals surface area contributed by atoms with Gasteiger partial charge >= 0.3 is 11.9 Å². The predicted octanol–water partition coefficient (Wildman–Crippen LogP) is 3.07. The van der Waals surface area contributed by atoms with E-state index in [4.69, 9.17) is 4.74 Å². The second kappa shape index (κ2) is 6.17. The molecule has 0 spiro atoms. The van der Waals surface area contributed by atoms with Crippen molar-refractivity contribution in [3.8, 4) is 11.1 Å². The fourth-order valence-corrected chi connectivity index (χ4v) is 1.98. The number of rotatable bonds is 3. The zero-order chi connectivity index (χ0) is 15.4. The number of ether oxygens (including phenoxy) is 2. The first kappa shape index (κ1) is 14.7. The van der Waals surface area contributed by atoms with E-state index in [2.05, 4.69) is 4.74 Å². The lowest BCUT2D eigenvalue weighted by Gasteiger charge is -2.09. The molecule has 4 nitrogen and oxygen atoms in total. The maximum atomic E-state index is 14.0. The number of hydrogen-bond acceptors (Lipinski definition) is 4. The smallest absolute Gasteiger partial charge is 0.340 e. The molecule has 2 aromatic rings. The van der Waals surface area contributed by atoms with Crippen molar-refractivity contribution in [3.05, 3.63) is 59.4 Å². The molecule has 0 amide bonds. The van der Waals surface area contributed by atoms with E-state index < -0.39 is 17.8 Å². The molecule has 0 saturated heterocycles. The lowest BCUT2D eigenvalue weighted by Crippen LogP contribution is -2.06. The Balaban J connectivity index is 2.51. The Bertz CT molecular complexity index is 694. The van der Waals surface area contributed by atoms with Crippen LogP contribution in [0.3, 0.4) is 0 Å². The van der Waals surface area contributed by atoms with Gasteiger partial charge in [-0.2, -0.15) is 0 Å². The first-order valence-electron chi connectivity index (χ1n) is 6.14. The maximum absolute atomic E-state index is 14.0. The highest BCUT2D eigenvalue weighted by molar-refractivity contribution is 5.97. The first-order chi connectivity index (χ1) is 10.1. The molecule has 0 aromatic heterocycles. The van der Waals surface area contributed by atoms with Crippen molar-refractivity contribution in [1.82, 2.24) is 0 Å². The molecule has 0 heterocycles. The van der Waals surface area contributed by atoms with E-state index in [1.165, 1.54) is 26.4 Å². The van der Waals surface area contributed by atoms with E-state index in [-0.39, 0.29) is 5.56 Å². The van der Waals surface area contributed by atoms with E-state index in [0.29, 0.717) is 16.7 Å². The molecule has 0 atom stereocenters. The number of hydrogen-bond donors (Lipinski definition) is 0. The van der Waals surface area contributed by atoms with Crippen molar-refractivity contribution >= 4 is 11.9 Å². The number of halogens is 1. The fourth-order valence-electron chi connectivity index (χ4n) is 1.98. The van der Waals surface area contributed by atoms with Gasteiger partial charge in [0.15, 0.2) is 0 Å². The van der Waals surface area contributed by atoms with Crippen molar-refractivity contribution in [2.75, 3.05) is 14.2 Å². The van der Waals surface area contributed by atoms with Crippen LogP contribution in [0.15, 0.2) is 42.5 Å². The quantitative estimate of drug-likeness (QED) is 0.814. The van der Waals surface area contributed by atoms with E-state index >= 15 is 0 Å². The summed E-state index contributed by atoms with van der Waals surface area (Å²) in [4.78, 5) is 23.1. The standard InChI is InChI=1S/C16H13FO4/c1-20-15(18)12-6-4-3-5-11(12)10-7-8-13(14(17)9-10)16(19)21-2/h3-9H,1-2H3. The topological polar surface area (TPSA) is 52.6 Å². The monoisotopic (exact) mass is 288 g/mol. The molecule has 0 unspecified atom stereocenters. The van der Waals surface area contributed by atoms with Gasteiger partial charge in [0, 0.05) is 0 Å². The molecule has 2 rings (SSSR count). The third-order valence-electron chi connectivity index (χ3n) is 3.02. The Morgan fingerprint density at radius 3 is 2.14 bits per heavy atom. The molecule has 0 fully saturated rings. The fraction of sp³-hybridized carbons (Fsp3) is 0.125. The number of benzene rings is 2. The van der Waals surface area contributed by atoms with Gasteiger partial charge in [0.2, 0.25) is 0 Å². The van der Waals surface area contributed by atoms with E-state index in [9.17, 15) is 14.0 Å². The average molecular weight is 288 g/mol. The van der Waals surface area contributed by atoms with E-state index in [0.717, 1.165) is 0 Å². The minimum Gasteiger partial charge on any atom is -0.465 e. The van der Waals surface area contributed by atoms with Crippen LogP contribution >= 0.6 is 0 Å². The van der Waals surface area contributed by atoms with Gasteiger partial charge in [0.25, 0.3) is 0 Å². The Morgan fingerprint density at radius 1 is 0.905 bits per heavy atom. The summed E-state index contributed by atoms with van der Waals surface area (Å²) in [5.74, 6) is -1.97. The highest BCUT2D eigenvalue weighted by atomic mass is 19.1. The average Bonchev–Trinajstić information content (AvgIpc) is 2.53. The molecule has 0 radical (unpaired) electrons. The lowest BCUT2D eigenvalue weighted by atomic mass is 9.98. The third-order valence-corrected chi connectivity index (χ3v) is 3.02. The van der Waals surface area contributed by atoms with Gasteiger partial charge in [-0.3, -0.25) is 0 Å². The Morgan fingerprint density at radius 2 is 1.52 bits per heavy atom. The van der Waals surface area contributed by atoms with Crippen LogP contribution in [0.5, 0.6) is 0 Å². The molecule has 0 aliphatic carbocycles. The number of methoxy groups -OCH3 is 2. The highest BCUT2D eigenvalue weighted by Crippen LogP contribution is 2.26. The number of esters is 2. The van der Waals surface area contributed by atoms with Gasteiger partial charge in [-0.25, -0.2) is 14.0 Å². The summed E-state index contributed by atoms with van der Waals surface area (Å²) in [5, 5.41) is 0. The maximum Gasteiger partial charge on any atom is 0.340 e. The van der Waals surface area contributed by atoms with Crippen molar-refractivity contribution in [2.24, 2.45) is 0 Å². The van der Waals surface area contributed by atoms with Crippen LogP contribution < -0.4 is 0 Å². The molecule has 0 bridgehead atoms. The lowest BCUT2D eigenvalue weighted by molar-refractivity contribution is 0.0588. The van der Waals surface area contributed by atoms with Crippen molar-refractivity contribution in [3.63, 3.8) is 0 Å². The minimum absolute atomic E-state index is 0.156.